The summed E-state index contributed by atoms with van der Waals surface area (Å²) in [5.41, 5.74) is 1.24. The Balaban J connectivity index is 2.51. The van der Waals surface area contributed by atoms with Gasteiger partial charge in [0.1, 0.15) is 5.78 Å². The lowest BCUT2D eigenvalue weighted by atomic mass is 10.1. The van der Waals surface area contributed by atoms with Gasteiger partial charge in [0.25, 0.3) is 0 Å². The van der Waals surface area contributed by atoms with Crippen LogP contribution in [0.1, 0.15) is 18.9 Å². The van der Waals surface area contributed by atoms with Crippen LogP contribution in [0.4, 0.5) is 0 Å². The summed E-state index contributed by atoms with van der Waals surface area (Å²) in [6.45, 7) is 1.63. The lowest BCUT2D eigenvalue weighted by molar-refractivity contribution is -0.116. The van der Waals surface area contributed by atoms with Crippen molar-refractivity contribution in [1.29, 1.82) is 0 Å². The zero-order valence-corrected chi connectivity index (χ0v) is 8.67. The number of hydrogen-bond donors (Lipinski definition) is 0. The van der Waals surface area contributed by atoms with Crippen LogP contribution in [0.15, 0.2) is 15.2 Å². The molecule has 0 spiro atoms. The second-order valence-electron chi connectivity index (χ2n) is 2.45. The zero-order chi connectivity index (χ0) is 8.27. The van der Waals surface area contributed by atoms with Crippen molar-refractivity contribution in [3.63, 3.8) is 0 Å². The Morgan fingerprint density at radius 2 is 2.36 bits per heavy atom. The van der Waals surface area contributed by atoms with E-state index in [-0.39, 0.29) is 5.78 Å². The molecule has 1 heterocycles. The maximum absolute atomic E-state index is 10.6. The van der Waals surface area contributed by atoms with Gasteiger partial charge in [-0.3, -0.25) is 0 Å². The van der Waals surface area contributed by atoms with Crippen molar-refractivity contribution >= 4 is 33.0 Å². The smallest absolute Gasteiger partial charge is 0.130 e. The number of carbonyl (C=O) groups excluding carboxylic acids is 1. The second-order valence-corrected chi connectivity index (χ2v) is 4.04. The molecule has 1 nitrogen and oxygen atoms in total. The van der Waals surface area contributed by atoms with E-state index in [0.29, 0.717) is 6.42 Å². The number of Topliss-reactive ketones (excluding diaryl/α,β-unsaturated/α-hetero) is 1. The molecule has 0 aliphatic rings. The quantitative estimate of drug-likeness (QED) is 0.784. The summed E-state index contributed by atoms with van der Waals surface area (Å²) in [6, 6.07) is 0. The van der Waals surface area contributed by atoms with Crippen LogP contribution >= 0.6 is 27.3 Å². The van der Waals surface area contributed by atoms with E-state index in [4.69, 9.17) is 0 Å². The molecule has 1 aromatic heterocycles. The topological polar surface area (TPSA) is 17.1 Å². The molecule has 0 aliphatic carbocycles. The van der Waals surface area contributed by atoms with Gasteiger partial charge in [-0.15, -0.1) is 0 Å². The molecule has 0 saturated carbocycles. The lowest BCUT2D eigenvalue weighted by Gasteiger charge is -1.94. The first kappa shape index (κ1) is 8.94. The van der Waals surface area contributed by atoms with E-state index in [1.165, 1.54) is 5.56 Å². The predicted molar refractivity (Wildman–Crippen MR) is 51.0 cm³/mol. The SMILES string of the molecule is CC(=O)CCc1cscc1Br. The fraction of sp³-hybridized carbons (Fsp3) is 0.375. The summed E-state index contributed by atoms with van der Waals surface area (Å²) in [6.07, 6.45) is 1.51. The van der Waals surface area contributed by atoms with Gasteiger partial charge in [-0.25, -0.2) is 0 Å². The Hall–Kier alpha value is -0.150. The molecule has 0 N–H and O–H groups in total. The maximum atomic E-state index is 10.6. The fourth-order valence-corrected chi connectivity index (χ4v) is 2.33. The van der Waals surface area contributed by atoms with Crippen molar-refractivity contribution in [3.05, 3.63) is 20.8 Å². The second kappa shape index (κ2) is 4.02. The molecule has 0 fully saturated rings. The number of rotatable bonds is 3. The molecule has 0 atom stereocenters. The molecular weight excluding hydrogens is 224 g/mol. The van der Waals surface area contributed by atoms with Crippen LogP contribution in [0.25, 0.3) is 0 Å². The maximum Gasteiger partial charge on any atom is 0.130 e. The number of thiophene rings is 1. The van der Waals surface area contributed by atoms with Gasteiger partial charge in [-0.2, -0.15) is 11.3 Å². The third-order valence-corrected chi connectivity index (χ3v) is 3.27. The summed E-state index contributed by atoms with van der Waals surface area (Å²) in [4.78, 5) is 10.6. The highest BCUT2D eigenvalue weighted by Gasteiger charge is 2.01. The van der Waals surface area contributed by atoms with Crippen molar-refractivity contribution in [2.45, 2.75) is 19.8 Å². The van der Waals surface area contributed by atoms with Gasteiger partial charge < -0.3 is 4.79 Å². The third-order valence-electron chi connectivity index (χ3n) is 1.43. The van der Waals surface area contributed by atoms with Gasteiger partial charge in [0.2, 0.25) is 0 Å². The fourth-order valence-electron chi connectivity index (χ4n) is 0.797. The molecule has 0 aliphatic heterocycles. The van der Waals surface area contributed by atoms with E-state index in [1.807, 2.05) is 5.38 Å². The number of halogens is 1. The average Bonchev–Trinajstić information content (AvgIpc) is 2.31. The summed E-state index contributed by atoms with van der Waals surface area (Å²) in [5.74, 6) is 0.253. The Bertz CT molecular complexity index is 254. The van der Waals surface area contributed by atoms with Gasteiger partial charge in [0.05, 0.1) is 0 Å². The Labute approximate surface area is 78.6 Å². The molecule has 60 valence electrons. The molecule has 0 aromatic carbocycles. The van der Waals surface area contributed by atoms with Crippen LogP contribution in [-0.2, 0) is 11.2 Å². The van der Waals surface area contributed by atoms with E-state index < -0.39 is 0 Å². The molecule has 0 radical (unpaired) electrons. The van der Waals surface area contributed by atoms with Crippen molar-refractivity contribution in [2.75, 3.05) is 0 Å². The minimum Gasteiger partial charge on any atom is -0.300 e. The van der Waals surface area contributed by atoms with Crippen LogP contribution in [0.5, 0.6) is 0 Å². The molecule has 0 amide bonds. The average molecular weight is 233 g/mol. The molecule has 3 heteroatoms. The number of ketones is 1. The van der Waals surface area contributed by atoms with E-state index in [2.05, 4.69) is 21.3 Å². The van der Waals surface area contributed by atoms with E-state index >= 15 is 0 Å². The minimum atomic E-state index is 0.253. The van der Waals surface area contributed by atoms with Gasteiger partial charge in [0.15, 0.2) is 0 Å². The standard InChI is InChI=1S/C8H9BrOS/c1-6(10)2-3-7-4-11-5-8(7)9/h4-5H,2-3H2,1H3. The van der Waals surface area contributed by atoms with E-state index in [0.717, 1.165) is 10.9 Å². The van der Waals surface area contributed by atoms with Crippen molar-refractivity contribution in [3.8, 4) is 0 Å². The first-order valence-corrected chi connectivity index (χ1v) is 5.13. The number of carbonyl (C=O) groups is 1. The molecule has 0 unspecified atom stereocenters. The summed E-state index contributed by atoms with van der Waals surface area (Å²) >= 11 is 5.08. The molecule has 0 bridgehead atoms. The zero-order valence-electron chi connectivity index (χ0n) is 6.26. The van der Waals surface area contributed by atoms with Gasteiger partial charge >= 0.3 is 0 Å². The van der Waals surface area contributed by atoms with Gasteiger partial charge in [-0.1, -0.05) is 0 Å². The minimum absolute atomic E-state index is 0.253. The summed E-state index contributed by atoms with van der Waals surface area (Å²) in [5, 5.41) is 4.11. The molecule has 11 heavy (non-hydrogen) atoms. The highest BCUT2D eigenvalue weighted by molar-refractivity contribution is 9.10. The predicted octanol–water partition coefficient (Wildman–Crippen LogP) is 3.03. The first-order valence-electron chi connectivity index (χ1n) is 3.40. The van der Waals surface area contributed by atoms with Gasteiger partial charge in [0, 0.05) is 16.3 Å². The molecular formula is C8H9BrOS. The van der Waals surface area contributed by atoms with Crippen LogP contribution in [0.3, 0.4) is 0 Å². The Kier molecular flexibility index (Phi) is 3.27. The Morgan fingerprint density at radius 1 is 1.64 bits per heavy atom. The number of hydrogen-bond acceptors (Lipinski definition) is 2. The van der Waals surface area contributed by atoms with Gasteiger partial charge in [-0.05, 0) is 40.2 Å². The molecule has 1 aromatic rings. The monoisotopic (exact) mass is 232 g/mol. The largest absolute Gasteiger partial charge is 0.300 e. The first-order chi connectivity index (χ1) is 5.20. The summed E-state index contributed by atoms with van der Waals surface area (Å²) < 4.78 is 1.13. The van der Waals surface area contributed by atoms with Crippen molar-refractivity contribution in [1.82, 2.24) is 0 Å². The van der Waals surface area contributed by atoms with Crippen LogP contribution in [-0.4, -0.2) is 5.78 Å². The van der Waals surface area contributed by atoms with Crippen molar-refractivity contribution < 1.29 is 4.79 Å². The summed E-state index contributed by atoms with van der Waals surface area (Å²) in [7, 11) is 0. The molecule has 0 saturated heterocycles. The highest BCUT2D eigenvalue weighted by Crippen LogP contribution is 2.22. The van der Waals surface area contributed by atoms with E-state index in [9.17, 15) is 4.79 Å². The molecule has 1 rings (SSSR count). The number of aryl methyl sites for hydroxylation is 1. The Morgan fingerprint density at radius 3 is 2.82 bits per heavy atom. The lowest BCUT2D eigenvalue weighted by Crippen LogP contribution is -1.92. The van der Waals surface area contributed by atoms with Crippen LogP contribution < -0.4 is 0 Å². The van der Waals surface area contributed by atoms with E-state index in [1.54, 1.807) is 18.3 Å². The highest BCUT2D eigenvalue weighted by atomic mass is 79.9. The van der Waals surface area contributed by atoms with Crippen LogP contribution in [0, 0.1) is 0 Å². The van der Waals surface area contributed by atoms with Crippen LogP contribution in [0.2, 0.25) is 0 Å². The normalized spacial score (nSPS) is 10.0. The third kappa shape index (κ3) is 2.75. The van der Waals surface area contributed by atoms with Crippen molar-refractivity contribution in [2.24, 2.45) is 0 Å².